The van der Waals surface area contributed by atoms with E-state index in [1.54, 1.807) is 36.4 Å². The summed E-state index contributed by atoms with van der Waals surface area (Å²) in [5.41, 5.74) is 6.46. The number of nitrogens with zero attached hydrogens (tertiary/aromatic N) is 1. The van der Waals surface area contributed by atoms with Crippen molar-refractivity contribution in [2.24, 2.45) is 5.73 Å². The molecule has 138 valence electrons. The van der Waals surface area contributed by atoms with E-state index in [0.29, 0.717) is 33.1 Å². The van der Waals surface area contributed by atoms with Crippen LogP contribution < -0.4 is 25.6 Å². The zero-order valence-electron chi connectivity index (χ0n) is 14.2. The maximum Gasteiger partial charge on any atom is 0.344 e. The Hall–Kier alpha value is -3.63. The van der Waals surface area contributed by atoms with Crippen LogP contribution in [0.2, 0.25) is 5.02 Å². The minimum Gasteiger partial charge on any atom is -0.454 e. The molecule has 3 heterocycles. The second kappa shape index (κ2) is 5.94. The van der Waals surface area contributed by atoms with Crippen LogP contribution >= 0.6 is 11.6 Å². The van der Waals surface area contributed by atoms with Gasteiger partial charge in [0.2, 0.25) is 12.7 Å². The molecule has 1 atom stereocenters. The molecule has 5 rings (SSSR count). The van der Waals surface area contributed by atoms with Crippen LogP contribution in [0.1, 0.15) is 17.0 Å². The fraction of sp³-hybridized carbons (Fsp3) is 0.100. The van der Waals surface area contributed by atoms with Crippen LogP contribution in [0.25, 0.3) is 11.0 Å². The van der Waals surface area contributed by atoms with Gasteiger partial charge < -0.3 is 24.4 Å². The summed E-state index contributed by atoms with van der Waals surface area (Å²) < 4.78 is 21.9. The molecule has 3 aromatic rings. The smallest absolute Gasteiger partial charge is 0.344 e. The molecule has 0 aliphatic carbocycles. The van der Waals surface area contributed by atoms with Crippen molar-refractivity contribution in [2.75, 3.05) is 6.79 Å². The van der Waals surface area contributed by atoms with Crippen molar-refractivity contribution in [3.05, 3.63) is 74.4 Å². The average molecular weight is 395 g/mol. The number of hydrogen-bond acceptors (Lipinski definition) is 7. The lowest BCUT2D eigenvalue weighted by atomic mass is 9.83. The first-order valence-electron chi connectivity index (χ1n) is 8.31. The molecule has 0 spiro atoms. The van der Waals surface area contributed by atoms with Gasteiger partial charge in [0.05, 0.1) is 16.9 Å². The first-order chi connectivity index (χ1) is 13.6. The number of rotatable bonds is 1. The van der Waals surface area contributed by atoms with Gasteiger partial charge in [0.1, 0.15) is 17.2 Å². The molecule has 0 saturated carbocycles. The Labute approximate surface area is 163 Å². The molecule has 2 aliphatic heterocycles. The van der Waals surface area contributed by atoms with Gasteiger partial charge in [-0.25, -0.2) is 4.79 Å². The summed E-state index contributed by atoms with van der Waals surface area (Å²) in [4.78, 5) is 12.9. The molecule has 0 fully saturated rings. The van der Waals surface area contributed by atoms with Crippen LogP contribution in [0, 0.1) is 11.3 Å². The van der Waals surface area contributed by atoms with Crippen LogP contribution in [-0.2, 0) is 0 Å². The molecule has 1 aromatic heterocycles. The van der Waals surface area contributed by atoms with Crippen molar-refractivity contribution in [3.8, 4) is 23.3 Å². The Kier molecular flexibility index (Phi) is 3.51. The Morgan fingerprint density at radius 3 is 2.71 bits per heavy atom. The van der Waals surface area contributed by atoms with Gasteiger partial charge in [-0.3, -0.25) is 0 Å². The highest BCUT2D eigenvalue weighted by Gasteiger charge is 2.37. The van der Waals surface area contributed by atoms with Crippen molar-refractivity contribution >= 4 is 22.6 Å². The van der Waals surface area contributed by atoms with E-state index in [0.717, 1.165) is 0 Å². The van der Waals surface area contributed by atoms with Crippen molar-refractivity contribution in [3.63, 3.8) is 0 Å². The second-order valence-electron chi connectivity index (χ2n) is 6.28. The molecule has 7 nitrogen and oxygen atoms in total. The van der Waals surface area contributed by atoms with E-state index in [1.807, 2.05) is 6.07 Å². The summed E-state index contributed by atoms with van der Waals surface area (Å²) in [7, 11) is 0. The predicted molar refractivity (Wildman–Crippen MR) is 99.4 cm³/mol. The minimum absolute atomic E-state index is 0.0648. The number of ether oxygens (including phenoxy) is 3. The standard InChI is InChI=1S/C20H11ClN2O5/c21-12-6-15-14(25-8-26-15)5-10(12)16-11(7-22)19(23)28-18-9-3-1-2-4-13(9)27-20(24)17(16)18/h1-6,16H,8,23H2/t16-/m1/s1. The third-order valence-corrected chi connectivity index (χ3v) is 5.10. The maximum atomic E-state index is 12.9. The summed E-state index contributed by atoms with van der Waals surface area (Å²) in [5.74, 6) is 0.249. The number of benzene rings is 2. The fourth-order valence-electron chi connectivity index (χ4n) is 3.53. The molecule has 8 heteroatoms. The SMILES string of the molecule is N#CC1=C(N)Oc2c(c(=O)oc3ccccc23)[C@@H]1c1cc2c(cc1Cl)OCO2. The molecule has 0 radical (unpaired) electrons. The predicted octanol–water partition coefficient (Wildman–Crippen LogP) is 3.39. The monoisotopic (exact) mass is 394 g/mol. The molecule has 0 bridgehead atoms. The van der Waals surface area contributed by atoms with E-state index >= 15 is 0 Å². The average Bonchev–Trinajstić information content (AvgIpc) is 3.13. The summed E-state index contributed by atoms with van der Waals surface area (Å²) in [6, 6.07) is 12.2. The van der Waals surface area contributed by atoms with E-state index in [9.17, 15) is 10.1 Å². The van der Waals surface area contributed by atoms with Gasteiger partial charge in [-0.2, -0.15) is 5.26 Å². The fourth-order valence-corrected chi connectivity index (χ4v) is 3.79. The quantitative estimate of drug-likeness (QED) is 0.630. The van der Waals surface area contributed by atoms with E-state index < -0.39 is 11.5 Å². The van der Waals surface area contributed by atoms with Gasteiger partial charge in [0.15, 0.2) is 17.2 Å². The number of hydrogen-bond donors (Lipinski definition) is 1. The Morgan fingerprint density at radius 1 is 1.18 bits per heavy atom. The van der Waals surface area contributed by atoms with Gasteiger partial charge in [-0.1, -0.05) is 23.7 Å². The summed E-state index contributed by atoms with van der Waals surface area (Å²) in [5, 5.41) is 10.6. The highest BCUT2D eigenvalue weighted by molar-refractivity contribution is 6.31. The first kappa shape index (κ1) is 16.5. The van der Waals surface area contributed by atoms with E-state index in [1.165, 1.54) is 0 Å². The van der Waals surface area contributed by atoms with Crippen LogP contribution in [-0.4, -0.2) is 6.79 Å². The van der Waals surface area contributed by atoms with E-state index in [4.69, 9.17) is 36.0 Å². The molecule has 0 unspecified atom stereocenters. The van der Waals surface area contributed by atoms with Crippen LogP contribution in [0.4, 0.5) is 0 Å². The van der Waals surface area contributed by atoms with Gasteiger partial charge in [-0.15, -0.1) is 0 Å². The van der Waals surface area contributed by atoms with Crippen LogP contribution in [0.5, 0.6) is 17.2 Å². The summed E-state index contributed by atoms with van der Waals surface area (Å²) >= 11 is 6.47. The lowest BCUT2D eigenvalue weighted by molar-refractivity contribution is 0.174. The van der Waals surface area contributed by atoms with Crippen molar-refractivity contribution < 1.29 is 18.6 Å². The first-order valence-corrected chi connectivity index (χ1v) is 8.68. The van der Waals surface area contributed by atoms with Gasteiger partial charge >= 0.3 is 5.63 Å². The van der Waals surface area contributed by atoms with Gasteiger partial charge in [0.25, 0.3) is 0 Å². The molecule has 28 heavy (non-hydrogen) atoms. The molecule has 2 aliphatic rings. The molecular weight excluding hydrogens is 384 g/mol. The molecule has 0 saturated heterocycles. The van der Waals surface area contributed by atoms with Gasteiger partial charge in [0, 0.05) is 11.1 Å². The van der Waals surface area contributed by atoms with Crippen LogP contribution in [0.3, 0.4) is 0 Å². The Morgan fingerprint density at radius 2 is 1.93 bits per heavy atom. The van der Waals surface area contributed by atoms with Crippen molar-refractivity contribution in [1.82, 2.24) is 0 Å². The summed E-state index contributed by atoms with van der Waals surface area (Å²) in [6.45, 7) is 0.0648. The normalized spacial score (nSPS) is 17.2. The molecular formula is C20H11ClN2O5. The number of nitriles is 1. The minimum atomic E-state index is -0.864. The molecule has 2 aromatic carbocycles. The second-order valence-corrected chi connectivity index (χ2v) is 6.69. The number of allylic oxidation sites excluding steroid dienone is 1. The lowest BCUT2D eigenvalue weighted by Crippen LogP contribution is -2.26. The van der Waals surface area contributed by atoms with Gasteiger partial charge in [-0.05, 0) is 23.8 Å². The van der Waals surface area contributed by atoms with Crippen molar-refractivity contribution in [2.45, 2.75) is 5.92 Å². The van der Waals surface area contributed by atoms with Crippen LogP contribution in [0.15, 0.2) is 57.1 Å². The molecule has 2 N–H and O–H groups in total. The largest absolute Gasteiger partial charge is 0.454 e. The third kappa shape index (κ3) is 2.25. The molecule has 0 amide bonds. The van der Waals surface area contributed by atoms with Crippen molar-refractivity contribution in [1.29, 1.82) is 5.26 Å². The topological polar surface area (TPSA) is 108 Å². The number of fused-ring (bicyclic) bond motifs is 4. The highest BCUT2D eigenvalue weighted by atomic mass is 35.5. The number of nitrogens with two attached hydrogens (primary N) is 1. The number of para-hydroxylation sites is 1. The third-order valence-electron chi connectivity index (χ3n) is 4.78. The number of halogens is 1. The maximum absolute atomic E-state index is 12.9. The lowest BCUT2D eigenvalue weighted by Gasteiger charge is -2.26. The zero-order chi connectivity index (χ0) is 19.4. The highest BCUT2D eigenvalue weighted by Crippen LogP contribution is 2.48. The summed E-state index contributed by atoms with van der Waals surface area (Å²) in [6.07, 6.45) is 0. The Balaban J connectivity index is 1.85. The van der Waals surface area contributed by atoms with E-state index in [2.05, 4.69) is 0 Å². The Bertz CT molecular complexity index is 1290. The van der Waals surface area contributed by atoms with E-state index in [-0.39, 0.29) is 29.6 Å². The zero-order valence-corrected chi connectivity index (χ0v) is 14.9.